The number of carbonyl (C=O) groups is 1. The molecule has 6 atom stereocenters. The normalized spacial score (nSPS) is 50.6. The third-order valence-electron chi connectivity index (χ3n) is 8.54. The van der Waals surface area contributed by atoms with Gasteiger partial charge < -0.3 is 0 Å². The lowest BCUT2D eigenvalue weighted by Crippen LogP contribution is -2.52. The van der Waals surface area contributed by atoms with Gasteiger partial charge in [-0.25, -0.2) is 0 Å². The Morgan fingerprint density at radius 1 is 1.05 bits per heavy atom. The summed E-state index contributed by atoms with van der Waals surface area (Å²) in [5, 5.41) is 0. The van der Waals surface area contributed by atoms with Gasteiger partial charge in [0.15, 0.2) is 5.78 Å². The predicted molar refractivity (Wildman–Crippen MR) is 90.5 cm³/mol. The number of fused-ring (bicyclic) bond motifs is 5. The number of hydrogen-bond donors (Lipinski definition) is 0. The SMILES string of the molecule is CC(=O)C1=CC[C@@H]2[C@@H]3CC[C@H]4CCCC[C@]4(C)[C@@H]3CC[C@@]12C. The molecule has 3 fully saturated rings. The fourth-order valence-corrected chi connectivity index (χ4v) is 7.41. The van der Waals surface area contributed by atoms with Gasteiger partial charge in [-0.1, -0.05) is 32.8 Å². The third kappa shape index (κ3) is 1.86. The Kier molecular flexibility index (Phi) is 3.37. The van der Waals surface area contributed by atoms with Crippen LogP contribution in [-0.2, 0) is 4.79 Å². The van der Waals surface area contributed by atoms with E-state index >= 15 is 0 Å². The molecule has 122 valence electrons. The Labute approximate surface area is 135 Å². The maximum atomic E-state index is 12.1. The molecule has 0 N–H and O–H groups in total. The Morgan fingerprint density at radius 2 is 1.86 bits per heavy atom. The maximum Gasteiger partial charge on any atom is 0.156 e. The molecule has 0 spiro atoms. The fraction of sp³-hybridized carbons (Fsp3) is 0.857. The summed E-state index contributed by atoms with van der Waals surface area (Å²) in [5.41, 5.74) is 1.98. The molecule has 0 unspecified atom stereocenters. The van der Waals surface area contributed by atoms with E-state index in [1.54, 1.807) is 6.92 Å². The molecule has 0 amide bonds. The van der Waals surface area contributed by atoms with Gasteiger partial charge >= 0.3 is 0 Å². The number of ketones is 1. The van der Waals surface area contributed by atoms with Crippen molar-refractivity contribution in [2.45, 2.75) is 78.6 Å². The highest BCUT2D eigenvalue weighted by molar-refractivity contribution is 5.95. The summed E-state index contributed by atoms with van der Waals surface area (Å²) in [7, 11) is 0. The van der Waals surface area contributed by atoms with Gasteiger partial charge in [-0.2, -0.15) is 0 Å². The van der Waals surface area contributed by atoms with Crippen LogP contribution in [0, 0.1) is 34.5 Å². The van der Waals surface area contributed by atoms with Crippen molar-refractivity contribution < 1.29 is 4.79 Å². The third-order valence-corrected chi connectivity index (χ3v) is 8.54. The fourth-order valence-electron chi connectivity index (χ4n) is 7.41. The summed E-state index contributed by atoms with van der Waals surface area (Å²) in [5.74, 6) is 3.90. The molecule has 1 heteroatoms. The smallest absolute Gasteiger partial charge is 0.156 e. The van der Waals surface area contributed by atoms with E-state index in [0.29, 0.717) is 11.2 Å². The number of allylic oxidation sites excluding steroid dienone is 2. The summed E-state index contributed by atoms with van der Waals surface area (Å²) in [4.78, 5) is 12.1. The minimum Gasteiger partial charge on any atom is -0.295 e. The topological polar surface area (TPSA) is 17.1 Å². The van der Waals surface area contributed by atoms with Gasteiger partial charge in [0, 0.05) is 0 Å². The van der Waals surface area contributed by atoms with Crippen molar-refractivity contribution in [3.05, 3.63) is 11.6 Å². The zero-order chi connectivity index (χ0) is 15.5. The van der Waals surface area contributed by atoms with Gasteiger partial charge in [0.2, 0.25) is 0 Å². The average molecular weight is 300 g/mol. The zero-order valence-electron chi connectivity index (χ0n) is 14.7. The first-order valence-electron chi connectivity index (χ1n) is 9.68. The van der Waals surface area contributed by atoms with Crippen LogP contribution in [0.25, 0.3) is 0 Å². The van der Waals surface area contributed by atoms with Crippen LogP contribution in [0.15, 0.2) is 11.6 Å². The Morgan fingerprint density at radius 3 is 2.64 bits per heavy atom. The van der Waals surface area contributed by atoms with Crippen LogP contribution in [0.2, 0.25) is 0 Å². The molecule has 0 bridgehead atoms. The average Bonchev–Trinajstić information content (AvgIpc) is 2.84. The molecule has 0 aliphatic heterocycles. The quantitative estimate of drug-likeness (QED) is 0.621. The van der Waals surface area contributed by atoms with Crippen LogP contribution in [0.3, 0.4) is 0 Å². The molecule has 4 rings (SSSR count). The molecular formula is C21H32O. The molecule has 0 heterocycles. The van der Waals surface area contributed by atoms with Crippen molar-refractivity contribution in [3.63, 3.8) is 0 Å². The molecule has 4 aliphatic rings. The molecule has 0 saturated heterocycles. The monoisotopic (exact) mass is 300 g/mol. The number of rotatable bonds is 1. The lowest BCUT2D eigenvalue weighted by atomic mass is 9.45. The number of hydrogen-bond acceptors (Lipinski definition) is 1. The first-order valence-corrected chi connectivity index (χ1v) is 9.68. The largest absolute Gasteiger partial charge is 0.295 e. The first kappa shape index (κ1) is 15.0. The molecule has 0 aromatic heterocycles. The Hall–Kier alpha value is -0.590. The van der Waals surface area contributed by atoms with Crippen LogP contribution in [0.1, 0.15) is 78.6 Å². The van der Waals surface area contributed by atoms with Crippen molar-refractivity contribution >= 4 is 5.78 Å². The van der Waals surface area contributed by atoms with Gasteiger partial charge in [0.05, 0.1) is 0 Å². The summed E-state index contributed by atoms with van der Waals surface area (Å²) in [6, 6.07) is 0. The lowest BCUT2D eigenvalue weighted by molar-refractivity contribution is -0.118. The van der Waals surface area contributed by atoms with Crippen molar-refractivity contribution in [3.8, 4) is 0 Å². The van der Waals surface area contributed by atoms with Crippen molar-refractivity contribution in [1.29, 1.82) is 0 Å². The van der Waals surface area contributed by atoms with Crippen molar-refractivity contribution in [2.75, 3.05) is 0 Å². The molecule has 22 heavy (non-hydrogen) atoms. The van der Waals surface area contributed by atoms with E-state index in [2.05, 4.69) is 19.9 Å². The van der Waals surface area contributed by atoms with E-state index in [4.69, 9.17) is 0 Å². The molecule has 0 aromatic carbocycles. The van der Waals surface area contributed by atoms with E-state index < -0.39 is 0 Å². The van der Waals surface area contributed by atoms with Crippen molar-refractivity contribution in [2.24, 2.45) is 34.5 Å². The molecule has 0 aromatic rings. The molecular weight excluding hydrogens is 268 g/mol. The van der Waals surface area contributed by atoms with Crippen LogP contribution in [0.5, 0.6) is 0 Å². The highest BCUT2D eigenvalue weighted by Crippen LogP contribution is 2.66. The van der Waals surface area contributed by atoms with Gasteiger partial charge in [-0.3, -0.25) is 4.79 Å². The molecule has 0 radical (unpaired) electrons. The highest BCUT2D eigenvalue weighted by atomic mass is 16.1. The zero-order valence-corrected chi connectivity index (χ0v) is 14.7. The van der Waals surface area contributed by atoms with Crippen LogP contribution < -0.4 is 0 Å². The van der Waals surface area contributed by atoms with Gasteiger partial charge in [0.25, 0.3) is 0 Å². The molecule has 3 saturated carbocycles. The van der Waals surface area contributed by atoms with E-state index in [0.717, 1.165) is 23.7 Å². The maximum absolute atomic E-state index is 12.1. The van der Waals surface area contributed by atoms with E-state index in [1.807, 2.05) is 0 Å². The summed E-state index contributed by atoms with van der Waals surface area (Å²) >= 11 is 0. The Balaban J connectivity index is 1.64. The molecule has 1 nitrogen and oxygen atoms in total. The summed E-state index contributed by atoms with van der Waals surface area (Å²) in [6.45, 7) is 6.82. The summed E-state index contributed by atoms with van der Waals surface area (Å²) in [6.07, 6.45) is 14.9. The van der Waals surface area contributed by atoms with E-state index in [1.165, 1.54) is 63.4 Å². The predicted octanol–water partition coefficient (Wildman–Crippen LogP) is 5.54. The minimum atomic E-state index is 0.199. The first-order chi connectivity index (χ1) is 10.5. The van der Waals surface area contributed by atoms with E-state index in [-0.39, 0.29) is 5.41 Å². The second kappa shape index (κ2) is 4.95. The molecule has 4 aliphatic carbocycles. The van der Waals surface area contributed by atoms with Crippen molar-refractivity contribution in [1.82, 2.24) is 0 Å². The standard InChI is InChI=1S/C21H32O/c1-14(22)17-9-10-18-16-8-7-15-6-4-5-12-20(15,2)19(16)11-13-21(17,18)3/h9,15-16,18-19H,4-8,10-13H2,1-3H3/t15-,16+,18-,19-,20+,21+/m1/s1. The minimum absolute atomic E-state index is 0.199. The second-order valence-electron chi connectivity index (χ2n) is 9.27. The Bertz CT molecular complexity index is 518. The van der Waals surface area contributed by atoms with Crippen LogP contribution in [0.4, 0.5) is 0 Å². The van der Waals surface area contributed by atoms with Gasteiger partial charge in [0.1, 0.15) is 0 Å². The number of Topliss-reactive ketones (excluding diaryl/α,β-unsaturated/α-hetero) is 1. The second-order valence-corrected chi connectivity index (χ2v) is 9.27. The number of carbonyl (C=O) groups excluding carboxylic acids is 1. The van der Waals surface area contributed by atoms with Gasteiger partial charge in [-0.15, -0.1) is 0 Å². The summed E-state index contributed by atoms with van der Waals surface area (Å²) < 4.78 is 0. The van der Waals surface area contributed by atoms with E-state index in [9.17, 15) is 4.79 Å². The van der Waals surface area contributed by atoms with Gasteiger partial charge in [-0.05, 0) is 91.9 Å². The highest BCUT2D eigenvalue weighted by Gasteiger charge is 2.58. The van der Waals surface area contributed by atoms with Crippen LogP contribution in [-0.4, -0.2) is 5.78 Å². The van der Waals surface area contributed by atoms with Crippen LogP contribution >= 0.6 is 0 Å². The lowest BCUT2D eigenvalue weighted by Gasteiger charge is -2.60.